The van der Waals surface area contributed by atoms with E-state index < -0.39 is 5.97 Å². The summed E-state index contributed by atoms with van der Waals surface area (Å²) in [5, 5.41) is 0. The van der Waals surface area contributed by atoms with Crippen LogP contribution in [-0.4, -0.2) is 38.8 Å². The Balaban J connectivity index is 2.91. The maximum absolute atomic E-state index is 11.8. The molecule has 5 nitrogen and oxygen atoms in total. The van der Waals surface area contributed by atoms with Gasteiger partial charge in [-0.05, 0) is 6.26 Å². The van der Waals surface area contributed by atoms with Gasteiger partial charge in [0.2, 0.25) is 0 Å². The smallest absolute Gasteiger partial charge is 0.340 e. The molecule has 1 aromatic rings. The van der Waals surface area contributed by atoms with E-state index in [0.717, 1.165) is 5.75 Å². The second-order valence-electron chi connectivity index (χ2n) is 3.42. The molecule has 1 aromatic carbocycles. The Morgan fingerprint density at radius 3 is 2.44 bits per heavy atom. The second kappa shape index (κ2) is 7.00. The number of anilines is 1. The van der Waals surface area contributed by atoms with Gasteiger partial charge in [-0.3, -0.25) is 0 Å². The van der Waals surface area contributed by atoms with Crippen LogP contribution in [0.3, 0.4) is 0 Å². The first kappa shape index (κ1) is 14.5. The van der Waals surface area contributed by atoms with Crippen molar-refractivity contribution in [1.29, 1.82) is 0 Å². The fourth-order valence-corrected chi connectivity index (χ4v) is 1.62. The Morgan fingerprint density at radius 1 is 1.28 bits per heavy atom. The summed E-state index contributed by atoms with van der Waals surface area (Å²) >= 11 is 1.60. The van der Waals surface area contributed by atoms with E-state index in [1.165, 1.54) is 20.3 Å². The number of ether oxygens (including phenoxy) is 3. The van der Waals surface area contributed by atoms with E-state index in [0.29, 0.717) is 23.8 Å². The number of methoxy groups -OCH3 is 2. The highest BCUT2D eigenvalue weighted by Crippen LogP contribution is 2.32. The van der Waals surface area contributed by atoms with Gasteiger partial charge in [-0.15, -0.1) is 0 Å². The first-order chi connectivity index (χ1) is 8.63. The van der Waals surface area contributed by atoms with Gasteiger partial charge in [-0.25, -0.2) is 4.79 Å². The van der Waals surface area contributed by atoms with Gasteiger partial charge in [-0.2, -0.15) is 11.8 Å². The molecule has 0 unspecified atom stereocenters. The zero-order valence-electron chi connectivity index (χ0n) is 10.7. The summed E-state index contributed by atoms with van der Waals surface area (Å²) in [4.78, 5) is 11.8. The predicted octanol–water partition coefficient (Wildman–Crippen LogP) is 1.81. The zero-order valence-corrected chi connectivity index (χ0v) is 11.5. The van der Waals surface area contributed by atoms with Crippen LogP contribution in [0.25, 0.3) is 0 Å². The number of carbonyl (C=O) groups excluding carboxylic acids is 1. The van der Waals surface area contributed by atoms with Gasteiger partial charge in [0.1, 0.15) is 6.61 Å². The summed E-state index contributed by atoms with van der Waals surface area (Å²) in [5.74, 6) is 1.22. The molecule has 6 heteroatoms. The number of esters is 1. The number of rotatable bonds is 6. The predicted molar refractivity (Wildman–Crippen MR) is 72.6 cm³/mol. The molecule has 0 heterocycles. The number of carbonyl (C=O) groups is 1. The molecular weight excluding hydrogens is 254 g/mol. The SMILES string of the molecule is COc1cc(N)c(C(=O)OCCSC)cc1OC. The van der Waals surface area contributed by atoms with Gasteiger partial charge in [0, 0.05) is 17.9 Å². The minimum Gasteiger partial charge on any atom is -0.493 e. The quantitative estimate of drug-likeness (QED) is 0.483. The minimum atomic E-state index is -0.456. The summed E-state index contributed by atoms with van der Waals surface area (Å²) in [6, 6.07) is 3.07. The summed E-state index contributed by atoms with van der Waals surface area (Å²) in [6.07, 6.45) is 1.94. The number of nitrogens with two attached hydrogens (primary N) is 1. The lowest BCUT2D eigenvalue weighted by Gasteiger charge is -2.12. The van der Waals surface area contributed by atoms with Crippen molar-refractivity contribution in [3.8, 4) is 11.5 Å². The highest BCUT2D eigenvalue weighted by Gasteiger charge is 2.16. The molecule has 0 saturated heterocycles. The third-order valence-corrected chi connectivity index (χ3v) is 2.87. The van der Waals surface area contributed by atoms with Crippen molar-refractivity contribution in [1.82, 2.24) is 0 Å². The van der Waals surface area contributed by atoms with Crippen LogP contribution >= 0.6 is 11.8 Å². The molecule has 0 aromatic heterocycles. The van der Waals surface area contributed by atoms with E-state index in [2.05, 4.69) is 0 Å². The zero-order chi connectivity index (χ0) is 13.5. The molecular formula is C12H17NO4S. The molecule has 0 radical (unpaired) electrons. The normalized spacial score (nSPS) is 9.94. The van der Waals surface area contributed by atoms with Crippen LogP contribution in [0.5, 0.6) is 11.5 Å². The molecule has 0 aliphatic heterocycles. The molecule has 0 aliphatic rings. The average Bonchev–Trinajstić information content (AvgIpc) is 2.38. The Labute approximate surface area is 111 Å². The fraction of sp³-hybridized carbons (Fsp3) is 0.417. The van der Waals surface area contributed by atoms with Crippen LogP contribution in [0.2, 0.25) is 0 Å². The van der Waals surface area contributed by atoms with E-state index in [4.69, 9.17) is 19.9 Å². The van der Waals surface area contributed by atoms with Crippen molar-refractivity contribution in [3.63, 3.8) is 0 Å². The number of nitrogen functional groups attached to an aromatic ring is 1. The Hall–Kier alpha value is -1.56. The van der Waals surface area contributed by atoms with Crippen molar-refractivity contribution in [2.24, 2.45) is 0 Å². The summed E-state index contributed by atoms with van der Waals surface area (Å²) < 4.78 is 15.3. The maximum Gasteiger partial charge on any atom is 0.340 e. The molecule has 100 valence electrons. The van der Waals surface area contributed by atoms with Crippen molar-refractivity contribution >= 4 is 23.4 Å². The van der Waals surface area contributed by atoms with E-state index in [1.807, 2.05) is 6.26 Å². The first-order valence-electron chi connectivity index (χ1n) is 5.31. The van der Waals surface area contributed by atoms with Crippen LogP contribution in [-0.2, 0) is 4.74 Å². The summed E-state index contributed by atoms with van der Waals surface area (Å²) in [5.41, 5.74) is 6.38. The Bertz CT molecular complexity index is 423. The second-order valence-corrected chi connectivity index (χ2v) is 4.41. The molecule has 18 heavy (non-hydrogen) atoms. The molecule has 0 bridgehead atoms. The molecule has 1 rings (SSSR count). The van der Waals surface area contributed by atoms with Gasteiger partial charge in [-0.1, -0.05) is 0 Å². The number of hydrogen-bond donors (Lipinski definition) is 1. The van der Waals surface area contributed by atoms with Crippen molar-refractivity contribution in [3.05, 3.63) is 17.7 Å². The van der Waals surface area contributed by atoms with E-state index in [9.17, 15) is 4.79 Å². The topological polar surface area (TPSA) is 70.8 Å². The van der Waals surface area contributed by atoms with Crippen molar-refractivity contribution in [2.75, 3.05) is 38.6 Å². The van der Waals surface area contributed by atoms with Crippen LogP contribution < -0.4 is 15.2 Å². The Morgan fingerprint density at radius 2 is 1.89 bits per heavy atom. The van der Waals surface area contributed by atoms with Gasteiger partial charge in [0.15, 0.2) is 11.5 Å². The number of hydrogen-bond acceptors (Lipinski definition) is 6. The van der Waals surface area contributed by atoms with E-state index >= 15 is 0 Å². The van der Waals surface area contributed by atoms with E-state index in [-0.39, 0.29) is 5.56 Å². The van der Waals surface area contributed by atoms with Crippen LogP contribution in [0.15, 0.2) is 12.1 Å². The standard InChI is InChI=1S/C12H17NO4S/c1-15-10-6-8(9(13)7-11(10)16-2)12(14)17-4-5-18-3/h6-7H,4-5,13H2,1-3H3. The van der Waals surface area contributed by atoms with Crippen molar-refractivity contribution in [2.45, 2.75) is 0 Å². The monoisotopic (exact) mass is 271 g/mol. The van der Waals surface area contributed by atoms with Gasteiger partial charge in [0.05, 0.1) is 25.5 Å². The molecule has 0 aliphatic carbocycles. The highest BCUT2D eigenvalue weighted by molar-refractivity contribution is 7.98. The molecule has 0 amide bonds. The third-order valence-electron chi connectivity index (χ3n) is 2.30. The number of thioether (sulfide) groups is 1. The summed E-state index contributed by atoms with van der Waals surface area (Å²) in [6.45, 7) is 0.355. The largest absolute Gasteiger partial charge is 0.493 e. The fourth-order valence-electron chi connectivity index (χ4n) is 1.37. The molecule has 0 saturated carbocycles. The molecule has 0 spiro atoms. The van der Waals surface area contributed by atoms with Crippen LogP contribution in [0, 0.1) is 0 Å². The Kier molecular flexibility index (Phi) is 5.64. The van der Waals surface area contributed by atoms with Crippen LogP contribution in [0.1, 0.15) is 10.4 Å². The average molecular weight is 271 g/mol. The first-order valence-corrected chi connectivity index (χ1v) is 6.71. The molecule has 0 atom stereocenters. The highest BCUT2D eigenvalue weighted by atomic mass is 32.2. The lowest BCUT2D eigenvalue weighted by atomic mass is 10.1. The van der Waals surface area contributed by atoms with Gasteiger partial charge >= 0.3 is 5.97 Å². The minimum absolute atomic E-state index is 0.286. The van der Waals surface area contributed by atoms with Gasteiger partial charge < -0.3 is 19.9 Å². The van der Waals surface area contributed by atoms with Crippen LogP contribution in [0.4, 0.5) is 5.69 Å². The van der Waals surface area contributed by atoms with Gasteiger partial charge in [0.25, 0.3) is 0 Å². The lowest BCUT2D eigenvalue weighted by molar-refractivity contribution is 0.0531. The summed E-state index contributed by atoms with van der Waals surface area (Å²) in [7, 11) is 3.00. The van der Waals surface area contributed by atoms with E-state index in [1.54, 1.807) is 17.8 Å². The number of benzene rings is 1. The third kappa shape index (κ3) is 3.46. The van der Waals surface area contributed by atoms with Crippen molar-refractivity contribution < 1.29 is 19.0 Å². The molecule has 0 fully saturated rings. The maximum atomic E-state index is 11.8. The lowest BCUT2D eigenvalue weighted by Crippen LogP contribution is -2.11. The molecule has 2 N–H and O–H groups in total.